The Labute approximate surface area is 176 Å². The van der Waals surface area contributed by atoms with Crippen LogP contribution in [-0.4, -0.2) is 27.7 Å². The molecule has 0 radical (unpaired) electrons. The van der Waals surface area contributed by atoms with Gasteiger partial charge in [0, 0.05) is 11.8 Å². The smallest absolute Gasteiger partial charge is 0.303 e. The first-order chi connectivity index (χ1) is 13.5. The molecule has 0 aromatic carbocycles. The van der Waals surface area contributed by atoms with E-state index < -0.39 is 12.1 Å². The molecule has 160 valence electrons. The summed E-state index contributed by atoms with van der Waals surface area (Å²) in [6, 6.07) is 0. The summed E-state index contributed by atoms with van der Waals surface area (Å²) in [6.45, 7) is 6.01. The van der Waals surface area contributed by atoms with Crippen LogP contribution in [-0.2, 0) is 4.79 Å². The average Bonchev–Trinajstić information content (AvgIpc) is 3.01. The number of aliphatic hydroxyl groups excluding tert-OH is 1. The van der Waals surface area contributed by atoms with Crippen LogP contribution in [0.4, 0.5) is 0 Å². The summed E-state index contributed by atoms with van der Waals surface area (Å²) in [5.74, 6) is 0.276. The predicted molar refractivity (Wildman–Crippen MR) is 119 cm³/mol. The maximum Gasteiger partial charge on any atom is 0.303 e. The van der Waals surface area contributed by atoms with E-state index in [1.165, 1.54) is 0 Å². The third-order valence-corrected chi connectivity index (χ3v) is 6.36. The second kappa shape index (κ2) is 14.9. The van der Waals surface area contributed by atoms with Crippen LogP contribution in [0.25, 0.3) is 0 Å². The number of aliphatic hydroxyl groups is 1. The van der Waals surface area contributed by atoms with Crippen molar-refractivity contribution in [3.8, 4) is 0 Å². The molecule has 0 aliphatic heterocycles. The Kier molecular flexibility index (Phi) is 13.3. The maximum atomic E-state index is 10.6. The number of carbonyl (C=O) groups is 1. The highest BCUT2D eigenvalue weighted by Gasteiger charge is 2.32. The molecule has 1 unspecified atom stereocenters. The third kappa shape index (κ3) is 9.93. The summed E-state index contributed by atoms with van der Waals surface area (Å²) in [6.07, 6.45) is 19.3. The van der Waals surface area contributed by atoms with Crippen LogP contribution in [0, 0.1) is 11.8 Å². The Balaban J connectivity index is 2.46. The molecule has 2 N–H and O–H groups in total. The second-order valence-electron chi connectivity index (χ2n) is 8.03. The zero-order chi connectivity index (χ0) is 20.8. The van der Waals surface area contributed by atoms with E-state index in [-0.39, 0.29) is 11.8 Å². The zero-order valence-corrected chi connectivity index (χ0v) is 18.2. The Morgan fingerprint density at radius 2 is 1.93 bits per heavy atom. The van der Waals surface area contributed by atoms with E-state index >= 15 is 0 Å². The fourth-order valence-electron chi connectivity index (χ4n) is 4.07. The van der Waals surface area contributed by atoms with Crippen molar-refractivity contribution in [2.45, 2.75) is 95.5 Å². The van der Waals surface area contributed by atoms with Crippen LogP contribution in [0.2, 0.25) is 0 Å². The van der Waals surface area contributed by atoms with E-state index in [0.717, 1.165) is 76.2 Å². The molecular formula is C24H39ClO3. The molecule has 0 bridgehead atoms. The highest BCUT2D eigenvalue weighted by molar-refractivity contribution is 6.21. The van der Waals surface area contributed by atoms with E-state index in [0.29, 0.717) is 11.8 Å². The van der Waals surface area contributed by atoms with Crippen LogP contribution >= 0.6 is 11.6 Å². The van der Waals surface area contributed by atoms with Gasteiger partial charge in [-0.05, 0) is 49.5 Å². The van der Waals surface area contributed by atoms with Crippen LogP contribution in [0.3, 0.4) is 0 Å². The minimum atomic E-state index is -0.704. The van der Waals surface area contributed by atoms with Crippen molar-refractivity contribution in [3.63, 3.8) is 0 Å². The number of carboxylic acid groups (broad SMARTS) is 1. The molecule has 0 saturated heterocycles. The van der Waals surface area contributed by atoms with Crippen molar-refractivity contribution in [3.05, 3.63) is 36.5 Å². The molecule has 1 fully saturated rings. The Morgan fingerprint density at radius 3 is 2.61 bits per heavy atom. The van der Waals surface area contributed by atoms with Gasteiger partial charge >= 0.3 is 5.97 Å². The van der Waals surface area contributed by atoms with Crippen molar-refractivity contribution in [2.75, 3.05) is 0 Å². The first-order valence-electron chi connectivity index (χ1n) is 11.0. The number of hydrogen-bond acceptors (Lipinski definition) is 2. The second-order valence-corrected chi connectivity index (χ2v) is 8.60. The summed E-state index contributed by atoms with van der Waals surface area (Å²) in [5, 5.41) is 19.2. The monoisotopic (exact) mass is 410 g/mol. The van der Waals surface area contributed by atoms with Gasteiger partial charge in [-0.1, -0.05) is 76.3 Å². The van der Waals surface area contributed by atoms with Crippen LogP contribution in [0.5, 0.6) is 0 Å². The molecule has 0 amide bonds. The summed E-state index contributed by atoms with van der Waals surface area (Å²) < 4.78 is 0. The summed E-state index contributed by atoms with van der Waals surface area (Å²) >= 11 is 6.56. The maximum absolute atomic E-state index is 10.6. The van der Waals surface area contributed by atoms with Crippen molar-refractivity contribution in [2.24, 2.45) is 11.8 Å². The van der Waals surface area contributed by atoms with Gasteiger partial charge in [0.05, 0.1) is 6.10 Å². The minimum Gasteiger partial charge on any atom is -0.481 e. The van der Waals surface area contributed by atoms with E-state index in [1.54, 1.807) is 6.08 Å². The van der Waals surface area contributed by atoms with Gasteiger partial charge in [0.1, 0.15) is 0 Å². The zero-order valence-electron chi connectivity index (χ0n) is 17.5. The van der Waals surface area contributed by atoms with Gasteiger partial charge in [0.2, 0.25) is 0 Å². The molecule has 0 spiro atoms. The Hall–Kier alpha value is -1.06. The Morgan fingerprint density at radius 1 is 1.18 bits per heavy atom. The van der Waals surface area contributed by atoms with Crippen LogP contribution < -0.4 is 0 Å². The lowest BCUT2D eigenvalue weighted by Gasteiger charge is -2.19. The standard InChI is InChI=1S/C24H39ClO3/c1-3-5-8-15-23(26)19(4-2)12-11-13-20-17-18-22(25)21(20)14-9-6-7-10-16-24(27)28/h4,11-13,20-23,26H,2-3,5-10,14-18H2,1H3,(H,27,28)/b13-11+,19-12+/t20-,21+,22+,23?/m0/s1. The number of aliphatic carboxylic acids is 1. The van der Waals surface area contributed by atoms with Gasteiger partial charge in [-0.2, -0.15) is 0 Å². The SMILES string of the molecule is C=C/C(=C\C=C\[C@H]1CC[C@@H](Cl)[C@@H]1CCCCCCC(=O)O)C(O)CCCCC. The number of allylic oxidation sites excluding steroid dienone is 3. The number of carboxylic acids is 1. The van der Waals surface area contributed by atoms with Gasteiger partial charge in [-0.25, -0.2) is 0 Å². The van der Waals surface area contributed by atoms with Gasteiger partial charge < -0.3 is 10.2 Å². The topological polar surface area (TPSA) is 57.5 Å². The van der Waals surface area contributed by atoms with Crippen molar-refractivity contribution in [1.29, 1.82) is 0 Å². The third-order valence-electron chi connectivity index (χ3n) is 5.82. The normalized spacial score (nSPS) is 24.0. The van der Waals surface area contributed by atoms with Gasteiger partial charge in [0.15, 0.2) is 0 Å². The quantitative estimate of drug-likeness (QED) is 0.180. The van der Waals surface area contributed by atoms with Crippen LogP contribution in [0.1, 0.15) is 84.0 Å². The molecule has 1 rings (SSSR count). The first kappa shape index (κ1) is 25.0. The molecule has 1 aliphatic rings. The largest absolute Gasteiger partial charge is 0.481 e. The molecule has 28 heavy (non-hydrogen) atoms. The lowest BCUT2D eigenvalue weighted by atomic mass is 9.89. The van der Waals surface area contributed by atoms with E-state index in [4.69, 9.17) is 16.7 Å². The van der Waals surface area contributed by atoms with Gasteiger partial charge in [0.25, 0.3) is 0 Å². The number of hydrogen-bond donors (Lipinski definition) is 2. The van der Waals surface area contributed by atoms with E-state index in [9.17, 15) is 9.90 Å². The highest BCUT2D eigenvalue weighted by Crippen LogP contribution is 2.39. The first-order valence-corrected chi connectivity index (χ1v) is 11.5. The molecule has 1 saturated carbocycles. The molecule has 3 nitrogen and oxygen atoms in total. The number of alkyl halides is 1. The van der Waals surface area contributed by atoms with E-state index in [2.05, 4.69) is 25.7 Å². The summed E-state index contributed by atoms with van der Waals surface area (Å²) in [5.41, 5.74) is 0.891. The molecule has 0 aromatic heterocycles. The fourth-order valence-corrected chi connectivity index (χ4v) is 4.51. The molecule has 1 aliphatic carbocycles. The fraction of sp³-hybridized carbons (Fsp3) is 0.708. The molecule has 0 heterocycles. The average molecular weight is 411 g/mol. The van der Waals surface area contributed by atoms with Crippen molar-refractivity contribution >= 4 is 17.6 Å². The minimum absolute atomic E-state index is 0.233. The van der Waals surface area contributed by atoms with Gasteiger partial charge in [-0.3, -0.25) is 4.79 Å². The molecular weight excluding hydrogens is 372 g/mol. The summed E-state index contributed by atoms with van der Waals surface area (Å²) in [7, 11) is 0. The van der Waals surface area contributed by atoms with Gasteiger partial charge in [-0.15, -0.1) is 11.6 Å². The lowest BCUT2D eigenvalue weighted by molar-refractivity contribution is -0.137. The Bertz CT molecular complexity index is 512. The predicted octanol–water partition coefficient (Wildman–Crippen LogP) is 6.66. The molecule has 4 atom stereocenters. The summed E-state index contributed by atoms with van der Waals surface area (Å²) in [4.78, 5) is 10.6. The lowest BCUT2D eigenvalue weighted by Crippen LogP contribution is -2.13. The number of rotatable bonds is 15. The van der Waals surface area contributed by atoms with Crippen LogP contribution in [0.15, 0.2) is 36.5 Å². The van der Waals surface area contributed by atoms with Crippen molar-refractivity contribution < 1.29 is 15.0 Å². The highest BCUT2D eigenvalue weighted by atomic mass is 35.5. The van der Waals surface area contributed by atoms with E-state index in [1.807, 2.05) is 6.08 Å². The molecule has 0 aromatic rings. The number of unbranched alkanes of at least 4 members (excludes halogenated alkanes) is 5. The number of halogens is 1. The molecule has 4 heteroatoms. The van der Waals surface area contributed by atoms with Crippen molar-refractivity contribution in [1.82, 2.24) is 0 Å².